The van der Waals surface area contributed by atoms with E-state index in [0.717, 1.165) is 22.3 Å². The minimum absolute atomic E-state index is 0.0142. The zero-order valence-corrected chi connectivity index (χ0v) is 23.2. The van der Waals surface area contributed by atoms with Crippen LogP contribution >= 0.6 is 11.3 Å². The van der Waals surface area contributed by atoms with Gasteiger partial charge in [-0.3, -0.25) is 0 Å². The molecular formula is C39H25N3S. The van der Waals surface area contributed by atoms with Gasteiger partial charge < -0.3 is 0 Å². The van der Waals surface area contributed by atoms with Gasteiger partial charge in [-0.15, -0.1) is 11.3 Å². The average Bonchev–Trinajstić information content (AvgIpc) is 3.57. The third kappa shape index (κ3) is 4.78. The van der Waals surface area contributed by atoms with Gasteiger partial charge in [0.15, 0.2) is 17.5 Å². The van der Waals surface area contributed by atoms with E-state index in [1.807, 2.05) is 30.3 Å². The standard InChI is InChI=1S/C39H25N3S/c1-3-11-27(12-4-1)37-40-38(28-13-5-2-6-14-28)42-39(41-37)29-23-21-26(22-24-29)30-15-9-16-31(25-30)32-18-10-19-34-33-17-7-8-20-35(33)43-36(32)34/h1-25H/i1D,2D,3D,4D,5D,6D,11D,12D,13D,14D. The molecule has 0 N–H and O–H groups in total. The predicted octanol–water partition coefficient (Wildman–Crippen LogP) is 10.6. The van der Waals surface area contributed by atoms with Gasteiger partial charge in [0, 0.05) is 36.9 Å². The molecule has 3 nitrogen and oxygen atoms in total. The lowest BCUT2D eigenvalue weighted by atomic mass is 9.97. The van der Waals surface area contributed by atoms with E-state index in [4.69, 9.17) is 13.7 Å². The molecule has 0 bridgehead atoms. The van der Waals surface area contributed by atoms with Crippen molar-refractivity contribution in [1.82, 2.24) is 15.0 Å². The summed E-state index contributed by atoms with van der Waals surface area (Å²) in [5, 5.41) is 2.44. The SMILES string of the molecule is [2H]c1c([2H])c([2H])c(-c2nc(-c3ccc(-c4cccc(-c5cccc6c5sc5ccccc56)c4)cc3)nc(-c3c([2H])c([2H])c([2H])c([2H])c3[2H])n2)c([2H])c1[2H]. The molecule has 0 unspecified atom stereocenters. The minimum atomic E-state index is -0.595. The lowest BCUT2D eigenvalue weighted by molar-refractivity contribution is 1.07. The molecule has 43 heavy (non-hydrogen) atoms. The van der Waals surface area contributed by atoms with Crippen molar-refractivity contribution in [3.05, 3.63) is 151 Å². The van der Waals surface area contributed by atoms with Crippen molar-refractivity contribution >= 4 is 31.5 Å². The fraction of sp³-hybridized carbons (Fsp3) is 0. The molecule has 0 fully saturated rings. The Labute approximate surface area is 267 Å². The van der Waals surface area contributed by atoms with Crippen molar-refractivity contribution in [3.8, 4) is 56.4 Å². The second kappa shape index (κ2) is 10.8. The number of hydrogen-bond donors (Lipinski definition) is 0. The Kier molecular flexibility index (Phi) is 4.21. The molecule has 4 heteroatoms. The summed E-state index contributed by atoms with van der Waals surface area (Å²) in [7, 11) is 0. The van der Waals surface area contributed by atoms with Gasteiger partial charge in [-0.05, 0) is 34.4 Å². The highest BCUT2D eigenvalue weighted by molar-refractivity contribution is 7.26. The minimum Gasteiger partial charge on any atom is -0.208 e. The summed E-state index contributed by atoms with van der Waals surface area (Å²) in [5.74, 6) is -0.595. The molecule has 8 aromatic rings. The van der Waals surface area contributed by atoms with Crippen LogP contribution in [0.1, 0.15) is 13.7 Å². The highest BCUT2D eigenvalue weighted by Crippen LogP contribution is 2.40. The van der Waals surface area contributed by atoms with Crippen LogP contribution in [0.15, 0.2) is 151 Å². The number of benzene rings is 6. The molecule has 0 aliphatic rings. The van der Waals surface area contributed by atoms with Gasteiger partial charge in [-0.1, -0.05) is 139 Å². The van der Waals surface area contributed by atoms with Crippen LogP contribution in [0.4, 0.5) is 0 Å². The second-order valence-corrected chi connectivity index (χ2v) is 10.8. The van der Waals surface area contributed by atoms with Crippen molar-refractivity contribution in [3.63, 3.8) is 0 Å². The molecule has 0 saturated heterocycles. The number of rotatable bonds is 5. The first-order valence-electron chi connectivity index (χ1n) is 18.5. The maximum atomic E-state index is 8.55. The Morgan fingerprint density at radius 2 is 1.00 bits per heavy atom. The molecule has 2 heterocycles. The van der Waals surface area contributed by atoms with E-state index >= 15 is 0 Å². The lowest BCUT2D eigenvalue weighted by Crippen LogP contribution is -2.00. The van der Waals surface area contributed by atoms with E-state index in [1.54, 1.807) is 23.5 Å². The van der Waals surface area contributed by atoms with Crippen LogP contribution in [0, 0.1) is 0 Å². The van der Waals surface area contributed by atoms with Crippen molar-refractivity contribution in [1.29, 1.82) is 0 Å². The van der Waals surface area contributed by atoms with Crippen molar-refractivity contribution in [2.45, 2.75) is 0 Å². The van der Waals surface area contributed by atoms with Gasteiger partial charge >= 0.3 is 0 Å². The summed E-state index contributed by atoms with van der Waals surface area (Å²) in [4.78, 5) is 13.4. The zero-order valence-electron chi connectivity index (χ0n) is 32.4. The van der Waals surface area contributed by atoms with E-state index in [2.05, 4.69) is 63.5 Å². The van der Waals surface area contributed by atoms with Gasteiger partial charge in [-0.25, -0.2) is 15.0 Å². The predicted molar refractivity (Wildman–Crippen MR) is 180 cm³/mol. The van der Waals surface area contributed by atoms with Crippen LogP contribution in [0.25, 0.3) is 76.6 Å². The van der Waals surface area contributed by atoms with E-state index in [1.165, 1.54) is 20.2 Å². The van der Waals surface area contributed by atoms with Crippen LogP contribution in [-0.2, 0) is 0 Å². The number of aromatic nitrogens is 3. The second-order valence-electron chi connectivity index (χ2n) is 9.74. The molecule has 6 aromatic carbocycles. The van der Waals surface area contributed by atoms with Crippen LogP contribution in [0.5, 0.6) is 0 Å². The highest BCUT2D eigenvalue weighted by atomic mass is 32.1. The number of nitrogens with zero attached hydrogens (tertiary/aromatic N) is 3. The Morgan fingerprint density at radius 3 is 1.70 bits per heavy atom. The largest absolute Gasteiger partial charge is 0.208 e. The first-order chi connectivity index (χ1) is 25.4. The third-order valence-corrected chi connectivity index (χ3v) is 8.36. The summed E-state index contributed by atoms with van der Waals surface area (Å²) >= 11 is 1.76. The van der Waals surface area contributed by atoms with Gasteiger partial charge in [0.1, 0.15) is 0 Å². The van der Waals surface area contributed by atoms with Crippen LogP contribution in [0.2, 0.25) is 0 Å². The molecule has 202 valence electrons. The van der Waals surface area contributed by atoms with Gasteiger partial charge in [-0.2, -0.15) is 0 Å². The van der Waals surface area contributed by atoms with E-state index in [-0.39, 0.29) is 28.6 Å². The molecule has 2 aromatic heterocycles. The average molecular weight is 578 g/mol. The van der Waals surface area contributed by atoms with Crippen LogP contribution in [-0.4, -0.2) is 15.0 Å². The summed E-state index contributed by atoms with van der Waals surface area (Å²) in [6.07, 6.45) is 0. The summed E-state index contributed by atoms with van der Waals surface area (Å²) < 4.78 is 85.5. The van der Waals surface area contributed by atoms with Crippen molar-refractivity contribution in [2.75, 3.05) is 0 Å². The van der Waals surface area contributed by atoms with Gasteiger partial charge in [0.25, 0.3) is 0 Å². The topological polar surface area (TPSA) is 38.7 Å². The van der Waals surface area contributed by atoms with Crippen LogP contribution < -0.4 is 0 Å². The van der Waals surface area contributed by atoms with Crippen LogP contribution in [0.3, 0.4) is 0 Å². The van der Waals surface area contributed by atoms with Crippen molar-refractivity contribution in [2.24, 2.45) is 0 Å². The molecule has 0 aliphatic carbocycles. The smallest absolute Gasteiger partial charge is 0.164 e. The fourth-order valence-electron chi connectivity index (χ4n) is 5.10. The Bertz CT molecular complexity index is 2660. The van der Waals surface area contributed by atoms with Gasteiger partial charge in [0.2, 0.25) is 0 Å². The fourth-order valence-corrected chi connectivity index (χ4v) is 6.34. The third-order valence-electron chi connectivity index (χ3n) is 7.14. The first-order valence-corrected chi connectivity index (χ1v) is 14.3. The Morgan fingerprint density at radius 1 is 0.442 bits per heavy atom. The summed E-state index contributed by atoms with van der Waals surface area (Å²) in [6.45, 7) is 0. The molecular weight excluding hydrogens is 543 g/mol. The number of hydrogen-bond acceptors (Lipinski definition) is 4. The van der Waals surface area contributed by atoms with E-state index in [9.17, 15) is 0 Å². The maximum Gasteiger partial charge on any atom is 0.164 e. The Hall–Kier alpha value is -5.45. The summed E-state index contributed by atoms with van der Waals surface area (Å²) in [6, 6.07) is 24.5. The monoisotopic (exact) mass is 577 g/mol. The quantitative estimate of drug-likeness (QED) is 0.204. The summed E-state index contributed by atoms with van der Waals surface area (Å²) in [5.41, 5.74) is 3.89. The zero-order chi connectivity index (χ0) is 37.3. The maximum absolute atomic E-state index is 8.55. The molecule has 8 rings (SSSR count). The van der Waals surface area contributed by atoms with Gasteiger partial charge in [0.05, 0.1) is 13.7 Å². The number of fused-ring (bicyclic) bond motifs is 3. The normalized spacial score (nSPS) is 14.5. The molecule has 0 saturated carbocycles. The van der Waals surface area contributed by atoms with E-state index < -0.39 is 60.4 Å². The van der Waals surface area contributed by atoms with E-state index in [0.29, 0.717) is 5.56 Å². The molecule has 0 spiro atoms. The first kappa shape index (κ1) is 16.9. The molecule has 0 aliphatic heterocycles. The van der Waals surface area contributed by atoms with Crippen molar-refractivity contribution < 1.29 is 13.7 Å². The molecule has 0 radical (unpaired) electrons. The lowest BCUT2D eigenvalue weighted by Gasteiger charge is -2.10. The molecule has 0 atom stereocenters. The highest BCUT2D eigenvalue weighted by Gasteiger charge is 2.13. The molecule has 0 amide bonds. The Balaban J connectivity index is 1.25. The number of thiophene rings is 1.